The van der Waals surface area contributed by atoms with Gasteiger partial charge in [-0.15, -0.1) is 0 Å². The molecule has 0 saturated carbocycles. The third kappa shape index (κ3) is 4.82. The van der Waals surface area contributed by atoms with Crippen LogP contribution in [-0.2, 0) is 9.47 Å². The molecule has 26 heavy (non-hydrogen) atoms. The van der Waals surface area contributed by atoms with E-state index in [-0.39, 0.29) is 12.3 Å². The van der Waals surface area contributed by atoms with Crippen molar-refractivity contribution in [3.63, 3.8) is 0 Å². The van der Waals surface area contributed by atoms with Crippen LogP contribution in [0, 0.1) is 6.92 Å². The number of anilines is 1. The van der Waals surface area contributed by atoms with Crippen molar-refractivity contribution in [3.05, 3.63) is 35.5 Å². The van der Waals surface area contributed by atoms with Gasteiger partial charge in [0.05, 0.1) is 6.61 Å². The van der Waals surface area contributed by atoms with E-state index in [1.807, 2.05) is 31.2 Å². The summed E-state index contributed by atoms with van der Waals surface area (Å²) in [7, 11) is 1.56. The Bertz CT molecular complexity index is 808. The first kappa shape index (κ1) is 19.9. The zero-order valence-corrected chi connectivity index (χ0v) is 16.8. The number of hydrogen-bond acceptors (Lipinski definition) is 6. The monoisotopic (exact) mass is 376 g/mol. The molecule has 0 saturated heterocycles. The maximum atomic E-state index is 12.4. The van der Waals surface area contributed by atoms with E-state index in [1.165, 1.54) is 16.2 Å². The first-order valence-electron chi connectivity index (χ1n) is 8.34. The van der Waals surface area contributed by atoms with Gasteiger partial charge in [-0.2, -0.15) is 0 Å². The van der Waals surface area contributed by atoms with Gasteiger partial charge in [0, 0.05) is 12.6 Å². The first-order valence-corrected chi connectivity index (χ1v) is 9.15. The van der Waals surface area contributed by atoms with Gasteiger partial charge in [0.1, 0.15) is 15.6 Å². The average Bonchev–Trinajstić information content (AvgIpc) is 2.98. The second kappa shape index (κ2) is 7.86. The lowest BCUT2D eigenvalue weighted by Gasteiger charge is -2.24. The number of esters is 1. The smallest absolute Gasteiger partial charge is 0.415 e. The Morgan fingerprint density at radius 1 is 1.27 bits per heavy atom. The highest BCUT2D eigenvalue weighted by molar-refractivity contribution is 7.19. The number of carbonyl (C=O) groups excluding carboxylic acids is 2. The Balaban J connectivity index is 2.45. The number of hydrogen-bond donors (Lipinski definition) is 0. The minimum atomic E-state index is -0.639. The van der Waals surface area contributed by atoms with E-state index in [0.717, 1.165) is 11.1 Å². The fraction of sp³-hybridized carbons (Fsp3) is 0.421. The third-order valence-corrected chi connectivity index (χ3v) is 4.50. The number of amides is 1. The molecular weight excluding hydrogens is 352 g/mol. The molecule has 0 aliphatic heterocycles. The minimum Gasteiger partial charge on any atom is -0.461 e. The molecule has 0 aliphatic carbocycles. The molecule has 6 nitrogen and oxygen atoms in total. The van der Waals surface area contributed by atoms with Crippen LogP contribution < -0.4 is 4.90 Å². The molecule has 140 valence electrons. The fourth-order valence-corrected chi connectivity index (χ4v) is 3.19. The zero-order chi connectivity index (χ0) is 19.5. The molecule has 0 radical (unpaired) electrons. The van der Waals surface area contributed by atoms with E-state index in [0.29, 0.717) is 10.0 Å². The lowest BCUT2D eigenvalue weighted by Crippen LogP contribution is -2.34. The van der Waals surface area contributed by atoms with Gasteiger partial charge in [-0.05, 0) is 40.7 Å². The van der Waals surface area contributed by atoms with Crippen molar-refractivity contribution in [2.45, 2.75) is 40.2 Å². The predicted molar refractivity (Wildman–Crippen MR) is 103 cm³/mol. The maximum absolute atomic E-state index is 12.4. The molecule has 0 fully saturated rings. The number of aromatic nitrogens is 1. The standard InChI is InChI=1S/C19H24N2O4S/c1-7-24-17(22)14-16(21(6)18(23)25-19(3,4)5)26-15(20-14)13-10-8-9-12(2)11-13/h8-11H,7H2,1-6H3. The molecule has 0 N–H and O–H groups in total. The Hall–Kier alpha value is -2.41. The lowest BCUT2D eigenvalue weighted by molar-refractivity contribution is 0.0521. The van der Waals surface area contributed by atoms with Crippen LogP contribution in [0.2, 0.25) is 0 Å². The number of benzene rings is 1. The molecular formula is C19H24N2O4S. The predicted octanol–water partition coefficient (Wildman–Crippen LogP) is 4.67. The van der Waals surface area contributed by atoms with Gasteiger partial charge in [-0.3, -0.25) is 4.90 Å². The van der Waals surface area contributed by atoms with Crippen LogP contribution in [0.5, 0.6) is 0 Å². The summed E-state index contributed by atoms with van der Waals surface area (Å²) in [5.74, 6) is -0.562. The van der Waals surface area contributed by atoms with E-state index in [9.17, 15) is 9.59 Å². The van der Waals surface area contributed by atoms with Gasteiger partial charge in [-0.1, -0.05) is 35.1 Å². The van der Waals surface area contributed by atoms with Crippen LogP contribution in [0.3, 0.4) is 0 Å². The zero-order valence-electron chi connectivity index (χ0n) is 16.0. The van der Waals surface area contributed by atoms with Gasteiger partial charge in [0.25, 0.3) is 0 Å². The van der Waals surface area contributed by atoms with E-state index in [1.54, 1.807) is 34.7 Å². The fourth-order valence-electron chi connectivity index (χ4n) is 2.19. The molecule has 1 aromatic carbocycles. The number of aryl methyl sites for hydroxylation is 1. The van der Waals surface area contributed by atoms with Crippen molar-refractivity contribution in [1.29, 1.82) is 0 Å². The average molecular weight is 376 g/mol. The molecule has 0 atom stereocenters. The van der Waals surface area contributed by atoms with Gasteiger partial charge in [0.15, 0.2) is 5.69 Å². The van der Waals surface area contributed by atoms with Gasteiger partial charge < -0.3 is 9.47 Å². The summed E-state index contributed by atoms with van der Waals surface area (Å²) < 4.78 is 10.5. The van der Waals surface area contributed by atoms with E-state index in [2.05, 4.69) is 4.98 Å². The number of carbonyl (C=O) groups is 2. The molecule has 1 aromatic heterocycles. The number of nitrogens with zero attached hydrogens (tertiary/aromatic N) is 2. The van der Waals surface area contributed by atoms with Crippen molar-refractivity contribution in [2.24, 2.45) is 0 Å². The van der Waals surface area contributed by atoms with Crippen LogP contribution in [0.1, 0.15) is 43.7 Å². The van der Waals surface area contributed by atoms with Crippen molar-refractivity contribution in [2.75, 3.05) is 18.6 Å². The normalized spacial score (nSPS) is 11.2. The molecule has 1 amide bonds. The number of rotatable bonds is 4. The molecule has 0 bridgehead atoms. The Labute approximate surface area is 157 Å². The summed E-state index contributed by atoms with van der Waals surface area (Å²) in [4.78, 5) is 30.5. The summed E-state index contributed by atoms with van der Waals surface area (Å²) in [6.07, 6.45) is -0.553. The van der Waals surface area contributed by atoms with Crippen molar-refractivity contribution >= 4 is 28.4 Å². The topological polar surface area (TPSA) is 68.7 Å². The van der Waals surface area contributed by atoms with Gasteiger partial charge >= 0.3 is 12.1 Å². The summed E-state index contributed by atoms with van der Waals surface area (Å²) in [5.41, 5.74) is 1.43. The highest BCUT2D eigenvalue weighted by atomic mass is 32.1. The van der Waals surface area contributed by atoms with E-state index >= 15 is 0 Å². The number of ether oxygens (including phenoxy) is 2. The van der Waals surface area contributed by atoms with E-state index < -0.39 is 17.7 Å². The summed E-state index contributed by atoms with van der Waals surface area (Å²) in [5, 5.41) is 1.04. The lowest BCUT2D eigenvalue weighted by atomic mass is 10.1. The Morgan fingerprint density at radius 2 is 1.96 bits per heavy atom. The molecule has 0 unspecified atom stereocenters. The Kier molecular flexibility index (Phi) is 6.02. The molecule has 0 aliphatic rings. The minimum absolute atomic E-state index is 0.113. The van der Waals surface area contributed by atoms with Crippen LogP contribution >= 0.6 is 11.3 Å². The van der Waals surface area contributed by atoms with Crippen LogP contribution in [0.25, 0.3) is 10.6 Å². The van der Waals surface area contributed by atoms with Crippen LogP contribution in [-0.4, -0.2) is 36.3 Å². The molecule has 7 heteroatoms. The second-order valence-electron chi connectivity index (χ2n) is 6.80. The maximum Gasteiger partial charge on any atom is 0.415 e. The summed E-state index contributed by atoms with van der Waals surface area (Å²) >= 11 is 1.25. The molecule has 2 rings (SSSR count). The summed E-state index contributed by atoms with van der Waals surface area (Å²) in [6, 6.07) is 7.80. The molecule has 2 aromatic rings. The van der Waals surface area contributed by atoms with Crippen molar-refractivity contribution < 1.29 is 19.1 Å². The van der Waals surface area contributed by atoms with Crippen LogP contribution in [0.15, 0.2) is 24.3 Å². The van der Waals surface area contributed by atoms with Gasteiger partial charge in [0.2, 0.25) is 0 Å². The van der Waals surface area contributed by atoms with Crippen molar-refractivity contribution in [1.82, 2.24) is 4.98 Å². The second-order valence-corrected chi connectivity index (χ2v) is 7.78. The molecule has 1 heterocycles. The first-order chi connectivity index (χ1) is 12.1. The largest absolute Gasteiger partial charge is 0.461 e. The SMILES string of the molecule is CCOC(=O)c1nc(-c2cccc(C)c2)sc1N(C)C(=O)OC(C)(C)C. The molecule has 0 spiro atoms. The quantitative estimate of drug-likeness (QED) is 0.726. The van der Waals surface area contributed by atoms with Crippen LogP contribution in [0.4, 0.5) is 9.80 Å². The highest BCUT2D eigenvalue weighted by Crippen LogP contribution is 2.35. The van der Waals surface area contributed by atoms with Crippen molar-refractivity contribution in [3.8, 4) is 10.6 Å². The highest BCUT2D eigenvalue weighted by Gasteiger charge is 2.28. The number of thiazole rings is 1. The third-order valence-electron chi connectivity index (χ3n) is 3.32. The van der Waals surface area contributed by atoms with Gasteiger partial charge in [-0.25, -0.2) is 14.6 Å². The summed E-state index contributed by atoms with van der Waals surface area (Å²) in [6.45, 7) is 9.30. The van der Waals surface area contributed by atoms with E-state index in [4.69, 9.17) is 9.47 Å². The Morgan fingerprint density at radius 3 is 2.54 bits per heavy atom.